The maximum Gasteiger partial charge on any atom is 0.307 e. The fourth-order valence-electron chi connectivity index (χ4n) is 2.92. The highest BCUT2D eigenvalue weighted by Gasteiger charge is 2.11. The third kappa shape index (κ3) is 5.55. The number of amides is 2. The van der Waals surface area contributed by atoms with Crippen LogP contribution >= 0.6 is 11.6 Å². The average Bonchev–Trinajstić information content (AvgIpc) is 3.24. The Morgan fingerprint density at radius 3 is 2.64 bits per heavy atom. The van der Waals surface area contributed by atoms with Crippen LogP contribution in [0.1, 0.15) is 16.1 Å². The second-order valence-corrected chi connectivity index (χ2v) is 7.26. The number of carbonyl (C=O) groups is 2. The zero-order chi connectivity index (χ0) is 23.2. The number of benzene rings is 3. The van der Waals surface area contributed by atoms with Crippen molar-refractivity contribution in [2.24, 2.45) is 5.10 Å². The Bertz CT molecular complexity index is 1320. The Labute approximate surface area is 192 Å². The Balaban J connectivity index is 1.31. The van der Waals surface area contributed by atoms with E-state index in [9.17, 15) is 14.0 Å². The van der Waals surface area contributed by atoms with E-state index in [1.54, 1.807) is 36.4 Å². The van der Waals surface area contributed by atoms with Crippen LogP contribution in [0.2, 0.25) is 5.02 Å². The fourth-order valence-corrected chi connectivity index (χ4v) is 3.16. The van der Waals surface area contributed by atoms with Crippen LogP contribution in [-0.2, 0) is 4.79 Å². The first-order chi connectivity index (χ1) is 16.0. The van der Waals surface area contributed by atoms with Crippen LogP contribution in [0.3, 0.4) is 0 Å². The molecule has 9 heteroatoms. The molecule has 0 aliphatic rings. The van der Waals surface area contributed by atoms with Gasteiger partial charge in [-0.15, -0.1) is 0 Å². The lowest BCUT2D eigenvalue weighted by molar-refractivity contribution is -0.118. The number of hydrazone groups is 1. The van der Waals surface area contributed by atoms with Crippen LogP contribution in [0.4, 0.5) is 10.1 Å². The van der Waals surface area contributed by atoms with Gasteiger partial charge in [0.15, 0.2) is 12.4 Å². The summed E-state index contributed by atoms with van der Waals surface area (Å²) in [5.74, 6) is -1.16. The minimum absolute atomic E-state index is 0.0634. The van der Waals surface area contributed by atoms with Crippen LogP contribution < -0.4 is 15.5 Å². The number of nitrogens with zero attached hydrogens (tertiary/aromatic N) is 1. The largest absolute Gasteiger partial charge is 0.482 e. The van der Waals surface area contributed by atoms with E-state index in [1.807, 2.05) is 18.2 Å². The first-order valence-electron chi connectivity index (χ1n) is 9.78. The van der Waals surface area contributed by atoms with E-state index in [2.05, 4.69) is 15.8 Å². The predicted octanol–water partition coefficient (Wildman–Crippen LogP) is 5.01. The van der Waals surface area contributed by atoms with E-state index in [0.717, 1.165) is 5.39 Å². The smallest absolute Gasteiger partial charge is 0.307 e. The van der Waals surface area contributed by atoms with Crippen LogP contribution in [0.5, 0.6) is 5.75 Å². The summed E-state index contributed by atoms with van der Waals surface area (Å²) in [6.45, 7) is -0.352. The van der Waals surface area contributed by atoms with Gasteiger partial charge >= 0.3 is 5.91 Å². The van der Waals surface area contributed by atoms with Crippen molar-refractivity contribution < 1.29 is 23.1 Å². The van der Waals surface area contributed by atoms with Gasteiger partial charge in [0, 0.05) is 5.39 Å². The number of hydrogen-bond donors (Lipinski definition) is 2. The molecular weight excluding hydrogens is 449 g/mol. The van der Waals surface area contributed by atoms with Gasteiger partial charge in [0.2, 0.25) is 0 Å². The number of para-hydroxylation sites is 2. The highest BCUT2D eigenvalue weighted by molar-refractivity contribution is 6.32. The molecule has 1 heterocycles. The van der Waals surface area contributed by atoms with Gasteiger partial charge in [-0.25, -0.2) is 9.82 Å². The normalized spacial score (nSPS) is 11.0. The maximum atomic E-state index is 13.6. The minimum atomic E-state index is -0.542. The predicted molar refractivity (Wildman–Crippen MR) is 123 cm³/mol. The summed E-state index contributed by atoms with van der Waals surface area (Å²) in [5, 5.41) is 7.38. The molecule has 166 valence electrons. The van der Waals surface area contributed by atoms with E-state index in [1.165, 1.54) is 24.4 Å². The molecule has 4 rings (SSSR count). The third-order valence-corrected chi connectivity index (χ3v) is 4.79. The van der Waals surface area contributed by atoms with Crippen molar-refractivity contribution in [3.8, 4) is 5.75 Å². The Morgan fingerprint density at radius 2 is 1.85 bits per heavy atom. The lowest BCUT2D eigenvalue weighted by Gasteiger charge is -2.09. The molecule has 0 radical (unpaired) electrons. The molecule has 7 nitrogen and oxygen atoms in total. The summed E-state index contributed by atoms with van der Waals surface area (Å²) in [6.07, 6.45) is 1.40. The van der Waals surface area contributed by atoms with Crippen LogP contribution in [0.25, 0.3) is 11.0 Å². The second-order valence-electron chi connectivity index (χ2n) is 6.85. The molecule has 0 unspecified atom stereocenters. The van der Waals surface area contributed by atoms with Gasteiger partial charge in [-0.05, 0) is 48.0 Å². The van der Waals surface area contributed by atoms with Gasteiger partial charge in [0.1, 0.15) is 17.1 Å². The van der Waals surface area contributed by atoms with Gasteiger partial charge in [-0.2, -0.15) is 5.10 Å². The molecule has 2 amide bonds. The zero-order valence-corrected chi connectivity index (χ0v) is 17.8. The third-order valence-electron chi connectivity index (χ3n) is 4.49. The topological polar surface area (TPSA) is 92.9 Å². The summed E-state index contributed by atoms with van der Waals surface area (Å²) >= 11 is 6.20. The van der Waals surface area contributed by atoms with Crippen molar-refractivity contribution in [3.63, 3.8) is 0 Å². The fraction of sp³-hybridized carbons (Fsp3) is 0.0417. The summed E-state index contributed by atoms with van der Waals surface area (Å²) in [7, 11) is 0. The van der Waals surface area contributed by atoms with E-state index in [4.69, 9.17) is 20.8 Å². The molecule has 0 saturated carbocycles. The molecule has 0 atom stereocenters. The van der Waals surface area contributed by atoms with Gasteiger partial charge in [0.25, 0.3) is 5.91 Å². The molecule has 3 aromatic carbocycles. The minimum Gasteiger partial charge on any atom is -0.482 e. The molecule has 2 N–H and O–H groups in total. The van der Waals surface area contributed by atoms with Gasteiger partial charge in [0.05, 0.1) is 16.9 Å². The SMILES string of the molecule is O=C(COc1ccc(/C=N/NC(=O)c2cc3ccccc3o2)cc1Cl)Nc1ccccc1F. The molecule has 0 fully saturated rings. The van der Waals surface area contributed by atoms with Gasteiger partial charge in [-0.3, -0.25) is 9.59 Å². The molecule has 0 aliphatic heterocycles. The number of carbonyl (C=O) groups excluding carboxylic acids is 2. The highest BCUT2D eigenvalue weighted by Crippen LogP contribution is 2.25. The van der Waals surface area contributed by atoms with Gasteiger partial charge < -0.3 is 14.5 Å². The molecular formula is C24H17ClFN3O4. The van der Waals surface area contributed by atoms with E-state index in [-0.39, 0.29) is 28.8 Å². The van der Waals surface area contributed by atoms with Crippen molar-refractivity contribution in [1.82, 2.24) is 5.43 Å². The zero-order valence-electron chi connectivity index (χ0n) is 17.0. The van der Waals surface area contributed by atoms with Crippen LogP contribution in [0, 0.1) is 5.82 Å². The number of ether oxygens (including phenoxy) is 1. The van der Waals surface area contributed by atoms with Crippen molar-refractivity contribution in [3.05, 3.63) is 95.0 Å². The first-order valence-corrected chi connectivity index (χ1v) is 10.2. The molecule has 0 bridgehead atoms. The molecule has 33 heavy (non-hydrogen) atoms. The standard InChI is InChI=1S/C24H17ClFN3O4/c25-17-11-15(13-27-29-24(31)22-12-16-5-1-4-8-20(16)33-22)9-10-21(17)32-14-23(30)28-19-7-3-2-6-18(19)26/h1-13H,14H2,(H,28,30)(H,29,31)/b27-13+. The monoisotopic (exact) mass is 465 g/mol. The number of anilines is 1. The number of furan rings is 1. The summed E-state index contributed by atoms with van der Waals surface area (Å²) < 4.78 is 24.5. The average molecular weight is 466 g/mol. The van der Waals surface area contributed by atoms with Crippen molar-refractivity contribution in [1.29, 1.82) is 0 Å². The lowest BCUT2D eigenvalue weighted by Crippen LogP contribution is -2.20. The number of halogens is 2. The van der Waals surface area contributed by atoms with Crippen molar-refractivity contribution in [2.45, 2.75) is 0 Å². The molecule has 1 aromatic heterocycles. The Morgan fingerprint density at radius 1 is 1.06 bits per heavy atom. The number of hydrogen-bond acceptors (Lipinski definition) is 5. The van der Waals surface area contributed by atoms with Crippen molar-refractivity contribution >= 4 is 46.3 Å². The van der Waals surface area contributed by atoms with E-state index < -0.39 is 17.6 Å². The number of rotatable bonds is 7. The Hall–Kier alpha value is -4.17. The second kappa shape index (κ2) is 9.97. The number of fused-ring (bicyclic) bond motifs is 1. The Kier molecular flexibility index (Phi) is 6.66. The molecule has 0 aliphatic carbocycles. The highest BCUT2D eigenvalue weighted by atomic mass is 35.5. The quantitative estimate of drug-likeness (QED) is 0.296. The summed E-state index contributed by atoms with van der Waals surface area (Å²) in [5.41, 5.74) is 3.65. The first kappa shape index (κ1) is 22.0. The lowest BCUT2D eigenvalue weighted by atomic mass is 10.2. The van der Waals surface area contributed by atoms with Crippen LogP contribution in [0.15, 0.2) is 82.3 Å². The summed E-state index contributed by atoms with van der Waals surface area (Å²) in [4.78, 5) is 24.2. The van der Waals surface area contributed by atoms with E-state index >= 15 is 0 Å². The number of nitrogens with one attached hydrogen (secondary N) is 2. The molecule has 4 aromatic rings. The molecule has 0 spiro atoms. The van der Waals surface area contributed by atoms with Crippen LogP contribution in [-0.4, -0.2) is 24.6 Å². The summed E-state index contributed by atoms with van der Waals surface area (Å²) in [6, 6.07) is 19.5. The van der Waals surface area contributed by atoms with Gasteiger partial charge in [-0.1, -0.05) is 41.9 Å². The van der Waals surface area contributed by atoms with E-state index in [0.29, 0.717) is 11.1 Å². The van der Waals surface area contributed by atoms with Crippen molar-refractivity contribution in [2.75, 3.05) is 11.9 Å². The molecule has 0 saturated heterocycles. The maximum absolute atomic E-state index is 13.6.